The predicted molar refractivity (Wildman–Crippen MR) is 157 cm³/mol. The van der Waals surface area contributed by atoms with Crippen LogP contribution in [0, 0.1) is 5.82 Å². The van der Waals surface area contributed by atoms with Gasteiger partial charge in [-0.05, 0) is 43.2 Å². The lowest BCUT2D eigenvalue weighted by Crippen LogP contribution is -2.54. The molecule has 0 spiro atoms. The number of amides is 2. The summed E-state index contributed by atoms with van der Waals surface area (Å²) >= 11 is 12.1. The summed E-state index contributed by atoms with van der Waals surface area (Å²) < 4.78 is 41.3. The Labute approximate surface area is 244 Å². The Balaban J connectivity index is 2.08. The topological polar surface area (TPSA) is 86.8 Å². The fourth-order valence-corrected chi connectivity index (χ4v) is 5.19. The van der Waals surface area contributed by atoms with E-state index >= 15 is 0 Å². The monoisotopic (exact) mass is 607 g/mol. The molecule has 7 nitrogen and oxygen atoms in total. The van der Waals surface area contributed by atoms with E-state index < -0.39 is 40.2 Å². The van der Waals surface area contributed by atoms with E-state index in [1.807, 2.05) is 44.2 Å². The van der Waals surface area contributed by atoms with Gasteiger partial charge >= 0.3 is 0 Å². The van der Waals surface area contributed by atoms with Crippen molar-refractivity contribution in [2.24, 2.45) is 0 Å². The fourth-order valence-electron chi connectivity index (χ4n) is 4.06. The molecule has 0 saturated carbocycles. The molecule has 0 saturated heterocycles. The minimum Gasteiger partial charge on any atom is -0.352 e. The normalized spacial score (nSPS) is 12.8. The lowest BCUT2D eigenvalue weighted by molar-refractivity contribution is -0.140. The van der Waals surface area contributed by atoms with Crippen LogP contribution in [0.1, 0.15) is 31.4 Å². The van der Waals surface area contributed by atoms with E-state index in [-0.39, 0.29) is 40.3 Å². The van der Waals surface area contributed by atoms with Crippen molar-refractivity contribution in [3.8, 4) is 0 Å². The van der Waals surface area contributed by atoms with Gasteiger partial charge in [0.15, 0.2) is 0 Å². The first-order valence-electron chi connectivity index (χ1n) is 12.7. The molecule has 1 N–H and O–H groups in total. The molecule has 0 fully saturated rings. The first kappa shape index (κ1) is 31.4. The second-order valence-corrected chi connectivity index (χ2v) is 12.2. The molecular weight excluding hydrogens is 576 g/mol. The SMILES string of the molecule is CC[C@@H](C)NC(=O)[C@@H](Cc1ccccc1)N(Cc1ccccc1F)C(=O)CN(c1ccc(Cl)c(Cl)c1)S(C)(=O)=O. The van der Waals surface area contributed by atoms with Crippen molar-refractivity contribution >= 4 is 50.7 Å². The number of hydrogen-bond donors (Lipinski definition) is 1. The zero-order chi connectivity index (χ0) is 29.4. The van der Waals surface area contributed by atoms with Crippen molar-refractivity contribution in [1.29, 1.82) is 0 Å². The summed E-state index contributed by atoms with van der Waals surface area (Å²) in [5.74, 6) is -1.67. The van der Waals surface area contributed by atoms with Gasteiger partial charge in [0.25, 0.3) is 0 Å². The van der Waals surface area contributed by atoms with Crippen LogP contribution in [0.4, 0.5) is 10.1 Å². The summed E-state index contributed by atoms with van der Waals surface area (Å²) in [5, 5.41) is 3.25. The van der Waals surface area contributed by atoms with Crippen LogP contribution in [-0.4, -0.2) is 50.0 Å². The average molecular weight is 609 g/mol. The summed E-state index contributed by atoms with van der Waals surface area (Å²) in [4.78, 5) is 28.8. The Morgan fingerprint density at radius 3 is 2.23 bits per heavy atom. The van der Waals surface area contributed by atoms with E-state index in [1.54, 1.807) is 6.07 Å². The molecule has 0 aromatic heterocycles. The van der Waals surface area contributed by atoms with Gasteiger partial charge in [0, 0.05) is 24.6 Å². The Kier molecular flexibility index (Phi) is 11.0. The Hall–Kier alpha value is -3.14. The van der Waals surface area contributed by atoms with Crippen molar-refractivity contribution in [3.63, 3.8) is 0 Å². The molecule has 3 aromatic carbocycles. The molecule has 40 heavy (non-hydrogen) atoms. The summed E-state index contributed by atoms with van der Waals surface area (Å²) in [5.41, 5.74) is 1.09. The number of benzene rings is 3. The molecule has 0 radical (unpaired) electrons. The highest BCUT2D eigenvalue weighted by molar-refractivity contribution is 7.92. The van der Waals surface area contributed by atoms with Gasteiger partial charge in [0.1, 0.15) is 18.4 Å². The first-order chi connectivity index (χ1) is 18.9. The average Bonchev–Trinajstić information content (AvgIpc) is 2.91. The number of halogens is 3. The van der Waals surface area contributed by atoms with Crippen LogP contribution in [-0.2, 0) is 32.6 Å². The Bertz CT molecular complexity index is 1440. The lowest BCUT2D eigenvalue weighted by atomic mass is 10.0. The lowest BCUT2D eigenvalue weighted by Gasteiger charge is -2.34. The zero-order valence-corrected chi connectivity index (χ0v) is 24.8. The van der Waals surface area contributed by atoms with E-state index in [1.165, 1.54) is 41.3 Å². The fraction of sp³-hybridized carbons (Fsp3) is 0.310. The second-order valence-electron chi connectivity index (χ2n) is 9.50. The highest BCUT2D eigenvalue weighted by atomic mass is 35.5. The number of nitrogens with one attached hydrogen (secondary N) is 1. The molecule has 11 heteroatoms. The van der Waals surface area contributed by atoms with Gasteiger partial charge in [-0.3, -0.25) is 13.9 Å². The maximum Gasteiger partial charge on any atom is 0.244 e. The van der Waals surface area contributed by atoms with E-state index in [0.717, 1.165) is 16.1 Å². The largest absolute Gasteiger partial charge is 0.352 e. The van der Waals surface area contributed by atoms with Crippen LogP contribution in [0.25, 0.3) is 0 Å². The van der Waals surface area contributed by atoms with Crippen molar-refractivity contribution in [2.75, 3.05) is 17.1 Å². The highest BCUT2D eigenvalue weighted by Gasteiger charge is 2.34. The molecule has 0 heterocycles. The molecule has 3 rings (SSSR count). The third-order valence-corrected chi connectivity index (χ3v) is 8.32. The molecule has 3 aromatic rings. The molecule has 0 aliphatic rings. The third kappa shape index (κ3) is 8.43. The highest BCUT2D eigenvalue weighted by Crippen LogP contribution is 2.29. The van der Waals surface area contributed by atoms with Crippen molar-refractivity contribution in [1.82, 2.24) is 10.2 Å². The molecule has 0 aliphatic carbocycles. The molecule has 0 aliphatic heterocycles. The van der Waals surface area contributed by atoms with Gasteiger partial charge in [-0.1, -0.05) is 78.7 Å². The van der Waals surface area contributed by atoms with Crippen molar-refractivity contribution in [2.45, 2.75) is 45.3 Å². The van der Waals surface area contributed by atoms with Crippen LogP contribution >= 0.6 is 23.2 Å². The van der Waals surface area contributed by atoms with Gasteiger partial charge in [-0.2, -0.15) is 0 Å². The third-order valence-electron chi connectivity index (χ3n) is 6.44. The maximum absolute atomic E-state index is 14.8. The molecule has 0 unspecified atom stereocenters. The predicted octanol–water partition coefficient (Wildman–Crippen LogP) is 5.45. The smallest absolute Gasteiger partial charge is 0.244 e. The van der Waals surface area contributed by atoms with Crippen molar-refractivity contribution < 1.29 is 22.4 Å². The summed E-state index contributed by atoms with van der Waals surface area (Å²) in [7, 11) is -3.98. The standard InChI is InChI=1S/C29H32Cl2FN3O4S/c1-4-20(2)33-29(37)27(16-21-10-6-5-7-11-21)34(18-22-12-8-9-13-26(22)32)28(36)19-35(40(3,38)39)23-14-15-24(30)25(31)17-23/h5-15,17,20,27H,4,16,18-19H2,1-3H3,(H,33,37)/t20-,27-/m1/s1. The van der Waals surface area contributed by atoms with Gasteiger partial charge in [0.2, 0.25) is 21.8 Å². The number of carbonyl (C=O) groups is 2. The van der Waals surface area contributed by atoms with Gasteiger partial charge in [0.05, 0.1) is 22.0 Å². The summed E-state index contributed by atoms with van der Waals surface area (Å²) in [6, 6.07) is 18.0. The van der Waals surface area contributed by atoms with Gasteiger partial charge in [-0.25, -0.2) is 12.8 Å². The summed E-state index contributed by atoms with van der Waals surface area (Å²) in [6.45, 7) is 2.86. The number of rotatable bonds is 12. The Morgan fingerprint density at radius 1 is 0.975 bits per heavy atom. The number of carbonyl (C=O) groups excluding carboxylic acids is 2. The van der Waals surface area contributed by atoms with Crippen LogP contribution in [0.5, 0.6) is 0 Å². The number of hydrogen-bond acceptors (Lipinski definition) is 4. The van der Waals surface area contributed by atoms with Crippen LogP contribution in [0.2, 0.25) is 10.0 Å². The Morgan fingerprint density at radius 2 is 1.62 bits per heavy atom. The van der Waals surface area contributed by atoms with Crippen molar-refractivity contribution in [3.05, 3.63) is 99.8 Å². The van der Waals surface area contributed by atoms with Crippen LogP contribution in [0.3, 0.4) is 0 Å². The number of sulfonamides is 1. The first-order valence-corrected chi connectivity index (χ1v) is 15.3. The van der Waals surface area contributed by atoms with Crippen LogP contribution < -0.4 is 9.62 Å². The molecule has 0 bridgehead atoms. The van der Waals surface area contributed by atoms with Crippen LogP contribution in [0.15, 0.2) is 72.8 Å². The van der Waals surface area contributed by atoms with E-state index in [4.69, 9.17) is 23.2 Å². The quantitative estimate of drug-likeness (QED) is 0.296. The van der Waals surface area contributed by atoms with E-state index in [0.29, 0.717) is 6.42 Å². The summed E-state index contributed by atoms with van der Waals surface area (Å²) in [6.07, 6.45) is 1.75. The number of anilines is 1. The van der Waals surface area contributed by atoms with Gasteiger partial charge < -0.3 is 10.2 Å². The number of nitrogens with zero attached hydrogens (tertiary/aromatic N) is 2. The second kappa shape index (κ2) is 14.0. The molecular formula is C29H32Cl2FN3O4S. The van der Waals surface area contributed by atoms with E-state index in [2.05, 4.69) is 5.32 Å². The zero-order valence-electron chi connectivity index (χ0n) is 22.5. The minimum absolute atomic E-state index is 0.110. The maximum atomic E-state index is 14.8. The molecule has 2 amide bonds. The molecule has 214 valence electrons. The molecule has 2 atom stereocenters. The van der Waals surface area contributed by atoms with Gasteiger partial charge in [-0.15, -0.1) is 0 Å². The minimum atomic E-state index is -3.98. The van der Waals surface area contributed by atoms with E-state index in [9.17, 15) is 22.4 Å².